The molecular weight excluding hydrogens is 340 g/mol. The van der Waals surface area contributed by atoms with E-state index in [1.807, 2.05) is 54.6 Å². The van der Waals surface area contributed by atoms with Crippen LogP contribution in [0.3, 0.4) is 0 Å². The summed E-state index contributed by atoms with van der Waals surface area (Å²) in [7, 11) is 0. The van der Waals surface area contributed by atoms with Gasteiger partial charge in [-0.25, -0.2) is 4.98 Å². The lowest BCUT2D eigenvalue weighted by Gasteiger charge is -2.17. The molecule has 1 unspecified atom stereocenters. The van der Waals surface area contributed by atoms with E-state index in [0.29, 0.717) is 19.0 Å². The van der Waals surface area contributed by atoms with Crippen LogP contribution in [0.2, 0.25) is 0 Å². The minimum atomic E-state index is -0.504. The minimum absolute atomic E-state index is 0.0141. The van der Waals surface area contributed by atoms with Gasteiger partial charge in [0.25, 0.3) is 0 Å². The first-order chi connectivity index (χ1) is 12.9. The van der Waals surface area contributed by atoms with Gasteiger partial charge in [-0.05, 0) is 36.1 Å². The number of pyridine rings is 1. The van der Waals surface area contributed by atoms with Gasteiger partial charge in [0, 0.05) is 18.8 Å². The molecule has 0 fully saturated rings. The number of nitrogens with zero attached hydrogens (tertiary/aromatic N) is 1. The molecule has 1 atom stereocenters. The molecule has 2 rings (SSSR count). The summed E-state index contributed by atoms with van der Waals surface area (Å²) in [6.45, 7) is 8.90. The molecular formula is C22H28N2O3. The molecule has 0 bridgehead atoms. The van der Waals surface area contributed by atoms with Crippen LogP contribution in [-0.4, -0.2) is 23.6 Å². The Balaban J connectivity index is 2.04. The van der Waals surface area contributed by atoms with Crippen molar-refractivity contribution in [1.82, 2.24) is 10.3 Å². The highest BCUT2D eigenvalue weighted by atomic mass is 16.5. The number of aromatic nitrogens is 1. The van der Waals surface area contributed by atoms with E-state index in [0.717, 1.165) is 11.3 Å². The van der Waals surface area contributed by atoms with E-state index in [9.17, 15) is 4.79 Å². The zero-order chi connectivity index (χ0) is 19.7. The highest BCUT2D eigenvalue weighted by Gasteiger charge is 2.17. The average Bonchev–Trinajstić information content (AvgIpc) is 2.62. The van der Waals surface area contributed by atoms with Crippen LogP contribution in [0.15, 0.2) is 60.8 Å². The standard InChI is InChI=1S/C22H28N2O3/c1-5-26-21(25)19(11-13-22(2,3)4)24-16-17-12-14-23-20(15-17)27-18-9-7-6-8-10-18/h6-15,19,24H,5,16H2,1-4H3. The molecule has 5 heteroatoms. The molecule has 0 aliphatic carbocycles. The van der Waals surface area contributed by atoms with Crippen LogP contribution in [0.25, 0.3) is 0 Å². The molecule has 27 heavy (non-hydrogen) atoms. The second-order valence-electron chi connectivity index (χ2n) is 7.25. The van der Waals surface area contributed by atoms with Crippen molar-refractivity contribution in [3.63, 3.8) is 0 Å². The van der Waals surface area contributed by atoms with Gasteiger partial charge < -0.3 is 9.47 Å². The summed E-state index contributed by atoms with van der Waals surface area (Å²) in [6.07, 6.45) is 5.57. The summed E-state index contributed by atoms with van der Waals surface area (Å²) in [5, 5.41) is 3.24. The number of para-hydroxylation sites is 1. The SMILES string of the molecule is CCOC(=O)C(C=CC(C)(C)C)NCc1ccnc(Oc2ccccc2)c1. The molecule has 1 N–H and O–H groups in total. The van der Waals surface area contributed by atoms with Crippen LogP contribution in [0, 0.1) is 5.41 Å². The maximum absolute atomic E-state index is 12.2. The second-order valence-corrected chi connectivity index (χ2v) is 7.25. The molecule has 0 amide bonds. The fourth-order valence-corrected chi connectivity index (χ4v) is 2.30. The zero-order valence-corrected chi connectivity index (χ0v) is 16.4. The van der Waals surface area contributed by atoms with Gasteiger partial charge in [-0.2, -0.15) is 0 Å². The van der Waals surface area contributed by atoms with E-state index in [2.05, 4.69) is 31.1 Å². The molecule has 144 valence electrons. The first kappa shape index (κ1) is 20.6. The van der Waals surface area contributed by atoms with Crippen molar-refractivity contribution in [2.24, 2.45) is 5.41 Å². The van der Waals surface area contributed by atoms with Gasteiger partial charge in [0.2, 0.25) is 5.88 Å². The fourth-order valence-electron chi connectivity index (χ4n) is 2.30. The molecule has 0 radical (unpaired) electrons. The summed E-state index contributed by atoms with van der Waals surface area (Å²) in [4.78, 5) is 16.5. The molecule has 2 aromatic rings. The number of allylic oxidation sites excluding steroid dienone is 1. The van der Waals surface area contributed by atoms with E-state index in [1.54, 1.807) is 13.1 Å². The number of ether oxygens (including phenoxy) is 2. The van der Waals surface area contributed by atoms with Crippen LogP contribution in [0.4, 0.5) is 0 Å². The molecule has 1 aromatic heterocycles. The van der Waals surface area contributed by atoms with Crippen molar-refractivity contribution < 1.29 is 14.3 Å². The second kappa shape index (κ2) is 9.88. The normalized spacial score (nSPS) is 12.7. The largest absolute Gasteiger partial charge is 0.465 e. The smallest absolute Gasteiger partial charge is 0.327 e. The van der Waals surface area contributed by atoms with Crippen LogP contribution >= 0.6 is 0 Å². The number of benzene rings is 1. The first-order valence-corrected chi connectivity index (χ1v) is 9.14. The predicted molar refractivity (Wildman–Crippen MR) is 107 cm³/mol. The maximum Gasteiger partial charge on any atom is 0.327 e. The summed E-state index contributed by atoms with van der Waals surface area (Å²) in [6, 6.07) is 12.7. The van der Waals surface area contributed by atoms with Gasteiger partial charge in [-0.15, -0.1) is 0 Å². The lowest BCUT2D eigenvalue weighted by Crippen LogP contribution is -2.36. The Bertz CT molecular complexity index is 752. The third-order valence-electron chi connectivity index (χ3n) is 3.62. The lowest BCUT2D eigenvalue weighted by molar-refractivity contribution is -0.144. The van der Waals surface area contributed by atoms with Crippen molar-refractivity contribution in [3.05, 3.63) is 66.4 Å². The Morgan fingerprint density at radius 2 is 1.96 bits per heavy atom. The van der Waals surface area contributed by atoms with Gasteiger partial charge >= 0.3 is 5.97 Å². The number of carbonyl (C=O) groups excluding carboxylic acids is 1. The molecule has 0 saturated carbocycles. The van der Waals surface area contributed by atoms with Crippen LogP contribution < -0.4 is 10.1 Å². The molecule has 0 aliphatic heterocycles. The van der Waals surface area contributed by atoms with Gasteiger partial charge in [-0.3, -0.25) is 10.1 Å². The van der Waals surface area contributed by atoms with Crippen molar-refractivity contribution in [3.8, 4) is 11.6 Å². The van der Waals surface area contributed by atoms with Gasteiger partial charge in [0.1, 0.15) is 11.8 Å². The van der Waals surface area contributed by atoms with E-state index in [4.69, 9.17) is 9.47 Å². The number of carbonyl (C=O) groups is 1. The van der Waals surface area contributed by atoms with Crippen LogP contribution in [0.1, 0.15) is 33.3 Å². The monoisotopic (exact) mass is 368 g/mol. The van der Waals surface area contributed by atoms with Gasteiger partial charge in [-0.1, -0.05) is 51.1 Å². The van der Waals surface area contributed by atoms with Crippen LogP contribution in [0.5, 0.6) is 11.6 Å². The Morgan fingerprint density at radius 1 is 1.22 bits per heavy atom. The van der Waals surface area contributed by atoms with E-state index >= 15 is 0 Å². The Morgan fingerprint density at radius 3 is 2.63 bits per heavy atom. The molecule has 1 aromatic carbocycles. The number of rotatable bonds is 8. The summed E-state index contributed by atoms with van der Waals surface area (Å²) < 4.78 is 10.9. The average molecular weight is 368 g/mol. The van der Waals surface area contributed by atoms with Gasteiger partial charge in [0.15, 0.2) is 0 Å². The minimum Gasteiger partial charge on any atom is -0.465 e. The van der Waals surface area contributed by atoms with Crippen molar-refractivity contribution in [2.45, 2.75) is 40.3 Å². The number of esters is 1. The zero-order valence-electron chi connectivity index (χ0n) is 16.4. The predicted octanol–water partition coefficient (Wildman–Crippen LogP) is 4.50. The van der Waals surface area contributed by atoms with E-state index in [-0.39, 0.29) is 11.4 Å². The summed E-state index contributed by atoms with van der Waals surface area (Å²) >= 11 is 0. The third-order valence-corrected chi connectivity index (χ3v) is 3.62. The lowest BCUT2D eigenvalue weighted by atomic mass is 9.95. The molecule has 5 nitrogen and oxygen atoms in total. The molecule has 0 spiro atoms. The fraction of sp³-hybridized carbons (Fsp3) is 0.364. The van der Waals surface area contributed by atoms with Gasteiger partial charge in [0.05, 0.1) is 6.61 Å². The van der Waals surface area contributed by atoms with E-state index < -0.39 is 6.04 Å². The summed E-state index contributed by atoms with van der Waals surface area (Å²) in [5.41, 5.74) is 0.953. The molecule has 0 aliphatic rings. The van der Waals surface area contributed by atoms with Crippen LogP contribution in [-0.2, 0) is 16.1 Å². The van der Waals surface area contributed by atoms with Crippen molar-refractivity contribution in [2.75, 3.05) is 6.61 Å². The summed E-state index contributed by atoms with van der Waals surface area (Å²) in [5.74, 6) is 0.957. The quantitative estimate of drug-likeness (QED) is 0.549. The highest BCUT2D eigenvalue weighted by molar-refractivity contribution is 5.78. The Labute approximate surface area is 161 Å². The third kappa shape index (κ3) is 7.62. The highest BCUT2D eigenvalue weighted by Crippen LogP contribution is 2.19. The number of nitrogens with one attached hydrogen (secondary N) is 1. The molecule has 1 heterocycles. The molecule has 0 saturated heterocycles. The van der Waals surface area contributed by atoms with Crippen molar-refractivity contribution in [1.29, 1.82) is 0 Å². The first-order valence-electron chi connectivity index (χ1n) is 9.14. The Kier molecular flexibility index (Phi) is 7.55. The number of hydrogen-bond acceptors (Lipinski definition) is 5. The topological polar surface area (TPSA) is 60.5 Å². The maximum atomic E-state index is 12.2. The van der Waals surface area contributed by atoms with E-state index in [1.165, 1.54) is 0 Å². The number of hydrogen-bond donors (Lipinski definition) is 1. The van der Waals surface area contributed by atoms with Crippen molar-refractivity contribution >= 4 is 5.97 Å². The Hall–Kier alpha value is -2.66.